The number of hydrogen-bond donors (Lipinski definition) is 0. The molecule has 1 aromatic carbocycles. The van der Waals surface area contributed by atoms with Gasteiger partial charge in [-0.15, -0.1) is 0 Å². The number of carbonyl (C=O) groups is 1. The molecule has 1 amide bonds. The Bertz CT molecular complexity index is 962. The third-order valence-corrected chi connectivity index (χ3v) is 5.75. The Hall–Kier alpha value is -2.80. The molecule has 0 N–H and O–H groups in total. The lowest BCUT2D eigenvalue weighted by molar-refractivity contribution is -0.125. The maximum atomic E-state index is 12.9. The van der Waals surface area contributed by atoms with Gasteiger partial charge in [-0.3, -0.25) is 4.79 Å². The normalized spacial score (nSPS) is 17.6. The van der Waals surface area contributed by atoms with Gasteiger partial charge in [0.25, 0.3) is 5.91 Å². The van der Waals surface area contributed by atoms with Gasteiger partial charge < -0.3 is 14.7 Å². The molecule has 0 radical (unpaired) electrons. The van der Waals surface area contributed by atoms with Crippen LogP contribution in [0.25, 0.3) is 0 Å². The van der Waals surface area contributed by atoms with Crippen molar-refractivity contribution in [1.82, 2.24) is 19.8 Å². The second-order valence-electron chi connectivity index (χ2n) is 7.96. The highest BCUT2D eigenvalue weighted by Gasteiger charge is 2.26. The van der Waals surface area contributed by atoms with Gasteiger partial charge in [-0.1, -0.05) is 17.7 Å². The predicted octanol–water partition coefficient (Wildman–Crippen LogP) is 2.65. The van der Waals surface area contributed by atoms with Crippen LogP contribution in [-0.4, -0.2) is 71.2 Å². The van der Waals surface area contributed by atoms with Crippen LogP contribution in [0.2, 0.25) is 0 Å². The summed E-state index contributed by atoms with van der Waals surface area (Å²) in [4.78, 5) is 32.8. The van der Waals surface area contributed by atoms with E-state index in [1.165, 1.54) is 11.1 Å². The fourth-order valence-electron chi connectivity index (χ4n) is 3.99. The van der Waals surface area contributed by atoms with E-state index in [0.717, 1.165) is 56.3 Å². The maximum Gasteiger partial charge on any atom is 0.268 e. The van der Waals surface area contributed by atoms with E-state index < -0.39 is 0 Å². The van der Waals surface area contributed by atoms with Gasteiger partial charge >= 0.3 is 0 Å². The lowest BCUT2D eigenvalue weighted by Gasteiger charge is -2.32. The zero-order valence-corrected chi connectivity index (χ0v) is 17.6. The molecule has 29 heavy (non-hydrogen) atoms. The van der Waals surface area contributed by atoms with Gasteiger partial charge in [0.2, 0.25) is 0 Å². The van der Waals surface area contributed by atoms with Crippen LogP contribution in [0.15, 0.2) is 29.5 Å². The summed E-state index contributed by atoms with van der Waals surface area (Å²) in [7, 11) is 2.08. The minimum Gasteiger partial charge on any atom is -0.335 e. The Kier molecular flexibility index (Phi) is 5.32. The van der Waals surface area contributed by atoms with Crippen molar-refractivity contribution < 1.29 is 4.79 Å². The predicted molar refractivity (Wildman–Crippen MR) is 116 cm³/mol. The van der Waals surface area contributed by atoms with Crippen LogP contribution in [0, 0.1) is 13.8 Å². The van der Waals surface area contributed by atoms with E-state index in [1.807, 2.05) is 11.8 Å². The first kappa shape index (κ1) is 19.5. The molecule has 0 atom stereocenters. The largest absolute Gasteiger partial charge is 0.335 e. The standard InChI is InChI=1S/C22H28N6O/c1-15-5-6-19-18(13-15)7-8-28(19)21-20(16(2)23-14-24-21)25-17(3)22(29)27-11-9-26(4)10-12-27/h5-6,13-14H,7-12H2,1-4H3/b25-17+. The number of nitrogens with zero attached hydrogens (tertiary/aromatic N) is 6. The van der Waals surface area contributed by atoms with Crippen LogP contribution < -0.4 is 4.90 Å². The highest BCUT2D eigenvalue weighted by atomic mass is 16.2. The van der Waals surface area contributed by atoms with E-state index in [-0.39, 0.29) is 5.91 Å². The van der Waals surface area contributed by atoms with Gasteiger partial charge in [-0.2, -0.15) is 0 Å². The minimum absolute atomic E-state index is 0.00949. The number of anilines is 2. The fourth-order valence-corrected chi connectivity index (χ4v) is 3.99. The molecule has 0 bridgehead atoms. The van der Waals surface area contributed by atoms with Gasteiger partial charge in [0.05, 0.1) is 5.69 Å². The number of likely N-dealkylation sites (N-methyl/N-ethyl adjacent to an activating group) is 1. The summed E-state index contributed by atoms with van der Waals surface area (Å²) >= 11 is 0. The molecule has 3 heterocycles. The molecule has 1 saturated heterocycles. The van der Waals surface area contributed by atoms with Crippen LogP contribution in [-0.2, 0) is 11.2 Å². The second kappa shape index (κ2) is 7.91. The Balaban J connectivity index is 1.66. The van der Waals surface area contributed by atoms with E-state index in [4.69, 9.17) is 4.99 Å². The average Bonchev–Trinajstić information content (AvgIpc) is 3.12. The summed E-state index contributed by atoms with van der Waals surface area (Å²) in [5.41, 5.74) is 5.69. The first-order valence-electron chi connectivity index (χ1n) is 10.2. The SMILES string of the molecule is C/C(=N\c1c(C)ncnc1N1CCc2cc(C)ccc21)C(=O)N1CCN(C)CC1. The molecule has 152 valence electrons. The lowest BCUT2D eigenvalue weighted by Crippen LogP contribution is -2.48. The molecule has 0 saturated carbocycles. The summed E-state index contributed by atoms with van der Waals surface area (Å²) in [5.74, 6) is 0.760. The van der Waals surface area contributed by atoms with Crippen molar-refractivity contribution in [2.24, 2.45) is 4.99 Å². The molecule has 2 aliphatic rings. The molecular weight excluding hydrogens is 364 g/mol. The van der Waals surface area contributed by atoms with Gasteiger partial charge in [-0.05, 0) is 45.9 Å². The molecule has 0 aliphatic carbocycles. The summed E-state index contributed by atoms with van der Waals surface area (Å²) in [5, 5.41) is 0. The Labute approximate surface area is 172 Å². The molecule has 1 aromatic heterocycles. The Morgan fingerprint density at radius 1 is 1.07 bits per heavy atom. The Morgan fingerprint density at radius 2 is 1.83 bits per heavy atom. The average molecular weight is 393 g/mol. The van der Waals surface area contributed by atoms with Crippen molar-refractivity contribution in [1.29, 1.82) is 0 Å². The van der Waals surface area contributed by atoms with Gasteiger partial charge in [0, 0.05) is 38.4 Å². The molecular formula is C22H28N6O. The summed E-state index contributed by atoms with van der Waals surface area (Å²) in [6.45, 7) is 9.92. The van der Waals surface area contributed by atoms with Crippen molar-refractivity contribution in [3.05, 3.63) is 41.3 Å². The van der Waals surface area contributed by atoms with E-state index in [2.05, 4.69) is 51.9 Å². The number of carbonyl (C=O) groups excluding carboxylic acids is 1. The molecule has 0 spiro atoms. The second-order valence-corrected chi connectivity index (χ2v) is 7.96. The first-order chi connectivity index (χ1) is 13.9. The maximum absolute atomic E-state index is 12.9. The topological polar surface area (TPSA) is 64.9 Å². The molecule has 2 aliphatic heterocycles. The van der Waals surface area contributed by atoms with E-state index in [9.17, 15) is 4.79 Å². The quantitative estimate of drug-likeness (QED) is 0.752. The van der Waals surface area contributed by atoms with Crippen molar-refractivity contribution in [3.63, 3.8) is 0 Å². The molecule has 0 unspecified atom stereocenters. The van der Waals surface area contributed by atoms with Gasteiger partial charge in [0.1, 0.15) is 17.7 Å². The zero-order valence-electron chi connectivity index (χ0n) is 17.6. The van der Waals surface area contributed by atoms with Crippen LogP contribution in [0.3, 0.4) is 0 Å². The van der Waals surface area contributed by atoms with E-state index >= 15 is 0 Å². The van der Waals surface area contributed by atoms with E-state index in [0.29, 0.717) is 11.4 Å². The van der Waals surface area contributed by atoms with Crippen molar-refractivity contribution in [3.8, 4) is 0 Å². The molecule has 7 heteroatoms. The van der Waals surface area contributed by atoms with Crippen LogP contribution in [0.4, 0.5) is 17.2 Å². The van der Waals surface area contributed by atoms with Crippen LogP contribution >= 0.6 is 0 Å². The van der Waals surface area contributed by atoms with Crippen LogP contribution in [0.1, 0.15) is 23.7 Å². The Morgan fingerprint density at radius 3 is 2.59 bits per heavy atom. The number of aromatic nitrogens is 2. The summed E-state index contributed by atoms with van der Waals surface area (Å²) < 4.78 is 0. The number of amides is 1. The monoisotopic (exact) mass is 392 g/mol. The number of aliphatic imine (C=N–C) groups is 1. The molecule has 7 nitrogen and oxygen atoms in total. The lowest BCUT2D eigenvalue weighted by atomic mass is 10.1. The van der Waals surface area contributed by atoms with Crippen molar-refractivity contribution in [2.45, 2.75) is 27.2 Å². The van der Waals surface area contributed by atoms with Crippen molar-refractivity contribution >= 4 is 28.8 Å². The third-order valence-electron chi connectivity index (χ3n) is 5.75. The fraction of sp³-hybridized carbons (Fsp3) is 0.455. The van der Waals surface area contributed by atoms with Crippen molar-refractivity contribution in [2.75, 3.05) is 44.7 Å². The number of benzene rings is 1. The van der Waals surface area contributed by atoms with Crippen LogP contribution in [0.5, 0.6) is 0 Å². The smallest absolute Gasteiger partial charge is 0.268 e. The molecule has 2 aromatic rings. The highest BCUT2D eigenvalue weighted by Crippen LogP contribution is 2.39. The third kappa shape index (κ3) is 3.87. The molecule has 1 fully saturated rings. The number of rotatable bonds is 3. The molecule has 4 rings (SSSR count). The van der Waals surface area contributed by atoms with Gasteiger partial charge in [-0.25, -0.2) is 15.0 Å². The number of fused-ring (bicyclic) bond motifs is 1. The minimum atomic E-state index is -0.00949. The number of piperazine rings is 1. The summed E-state index contributed by atoms with van der Waals surface area (Å²) in [6, 6.07) is 6.50. The number of aryl methyl sites for hydroxylation is 2. The van der Waals surface area contributed by atoms with Gasteiger partial charge in [0.15, 0.2) is 5.82 Å². The first-order valence-corrected chi connectivity index (χ1v) is 10.2. The summed E-state index contributed by atoms with van der Waals surface area (Å²) in [6.07, 6.45) is 2.55. The number of hydrogen-bond acceptors (Lipinski definition) is 6. The van der Waals surface area contributed by atoms with E-state index in [1.54, 1.807) is 13.3 Å². The zero-order chi connectivity index (χ0) is 20.5. The highest BCUT2D eigenvalue weighted by molar-refractivity contribution is 6.38.